The van der Waals surface area contributed by atoms with Gasteiger partial charge in [-0.1, -0.05) is 26.1 Å². The van der Waals surface area contributed by atoms with Gasteiger partial charge in [-0.3, -0.25) is 4.98 Å². The molecule has 2 aromatic heterocycles. The van der Waals surface area contributed by atoms with Crippen molar-refractivity contribution in [1.82, 2.24) is 15.0 Å². The molecule has 17 heavy (non-hydrogen) atoms. The average Bonchev–Trinajstić information content (AvgIpc) is 2.37. The minimum atomic E-state index is 0.634. The second kappa shape index (κ2) is 5.19. The molecule has 0 saturated carbocycles. The van der Waals surface area contributed by atoms with E-state index in [1.165, 1.54) is 5.56 Å². The fourth-order valence-electron chi connectivity index (χ4n) is 1.77. The molecule has 2 heterocycles. The molecule has 0 aromatic carbocycles. The van der Waals surface area contributed by atoms with Crippen LogP contribution in [0.15, 0.2) is 24.5 Å². The molecule has 0 amide bonds. The first-order valence-corrected chi connectivity index (χ1v) is 6.19. The van der Waals surface area contributed by atoms with Gasteiger partial charge in [0.25, 0.3) is 0 Å². The molecule has 0 aliphatic heterocycles. The van der Waals surface area contributed by atoms with E-state index in [0.717, 1.165) is 29.9 Å². The normalized spacial score (nSPS) is 10.5. The quantitative estimate of drug-likeness (QED) is 0.843. The van der Waals surface area contributed by atoms with E-state index in [-0.39, 0.29) is 0 Å². The van der Waals surface area contributed by atoms with Crippen molar-refractivity contribution in [3.8, 4) is 11.4 Å². The van der Waals surface area contributed by atoms with Gasteiger partial charge in [-0.05, 0) is 30.5 Å². The van der Waals surface area contributed by atoms with Gasteiger partial charge in [0, 0.05) is 23.7 Å². The van der Waals surface area contributed by atoms with E-state index in [4.69, 9.17) is 12.2 Å². The van der Waals surface area contributed by atoms with Crippen molar-refractivity contribution in [2.24, 2.45) is 0 Å². The number of aryl methyl sites for hydroxylation is 2. The summed E-state index contributed by atoms with van der Waals surface area (Å²) < 4.78 is 0.634. The van der Waals surface area contributed by atoms with E-state index in [9.17, 15) is 0 Å². The highest BCUT2D eigenvalue weighted by Crippen LogP contribution is 2.19. The van der Waals surface area contributed by atoms with Gasteiger partial charge in [0.05, 0.1) is 0 Å². The summed E-state index contributed by atoms with van der Waals surface area (Å²) in [5, 5.41) is 0. The van der Waals surface area contributed by atoms with Gasteiger partial charge in [-0.2, -0.15) is 0 Å². The molecule has 88 valence electrons. The lowest BCUT2D eigenvalue weighted by Gasteiger charge is -2.08. The van der Waals surface area contributed by atoms with E-state index in [0.29, 0.717) is 4.64 Å². The fourth-order valence-corrected chi connectivity index (χ4v) is 2.00. The van der Waals surface area contributed by atoms with Crippen LogP contribution in [0.5, 0.6) is 0 Å². The summed E-state index contributed by atoms with van der Waals surface area (Å²) in [7, 11) is 0. The van der Waals surface area contributed by atoms with Crippen LogP contribution in [-0.2, 0) is 12.8 Å². The third-order valence-electron chi connectivity index (χ3n) is 2.72. The zero-order valence-corrected chi connectivity index (χ0v) is 10.8. The van der Waals surface area contributed by atoms with Gasteiger partial charge >= 0.3 is 0 Å². The van der Waals surface area contributed by atoms with Crippen LogP contribution in [0.3, 0.4) is 0 Å². The van der Waals surface area contributed by atoms with Crippen LogP contribution in [0.4, 0.5) is 0 Å². The highest BCUT2D eigenvalue weighted by Gasteiger charge is 2.06. The topological polar surface area (TPSA) is 41.6 Å². The van der Waals surface area contributed by atoms with Crippen LogP contribution in [0.2, 0.25) is 0 Å². The lowest BCUT2D eigenvalue weighted by molar-refractivity contribution is 0.991. The zero-order chi connectivity index (χ0) is 12.3. The monoisotopic (exact) mass is 245 g/mol. The number of hydrogen-bond donors (Lipinski definition) is 1. The molecule has 0 unspecified atom stereocenters. The van der Waals surface area contributed by atoms with E-state index in [1.807, 2.05) is 18.3 Å². The Kier molecular flexibility index (Phi) is 3.64. The number of rotatable bonds is 3. The zero-order valence-electron chi connectivity index (χ0n) is 10.0. The van der Waals surface area contributed by atoms with Gasteiger partial charge in [-0.25, -0.2) is 4.98 Å². The Morgan fingerprint density at radius 3 is 2.82 bits per heavy atom. The molecule has 0 saturated heterocycles. The summed E-state index contributed by atoms with van der Waals surface area (Å²) >= 11 is 5.19. The van der Waals surface area contributed by atoms with E-state index >= 15 is 0 Å². The maximum absolute atomic E-state index is 5.19. The summed E-state index contributed by atoms with van der Waals surface area (Å²) in [5.74, 6) is 0.841. The first kappa shape index (κ1) is 11.9. The van der Waals surface area contributed by atoms with Crippen LogP contribution in [0.25, 0.3) is 11.4 Å². The van der Waals surface area contributed by atoms with Crippen LogP contribution < -0.4 is 0 Å². The number of nitrogens with zero attached hydrogens (tertiary/aromatic N) is 2. The Hall–Kier alpha value is -1.55. The van der Waals surface area contributed by atoms with Crippen molar-refractivity contribution in [3.63, 3.8) is 0 Å². The van der Waals surface area contributed by atoms with Gasteiger partial charge in [0.2, 0.25) is 0 Å². The first-order valence-electron chi connectivity index (χ1n) is 5.78. The third-order valence-corrected chi connectivity index (χ3v) is 2.93. The van der Waals surface area contributed by atoms with E-state index in [2.05, 4.69) is 28.8 Å². The molecule has 2 aromatic rings. The molecular formula is C13H15N3S. The Balaban J connectivity index is 2.59. The molecule has 2 rings (SSSR count). The standard InChI is InChI=1S/C13H15N3S/c1-3-9-8-14-6-5-11(9)13-15-10(4-2)7-12(17)16-13/h5-8H,3-4H2,1-2H3,(H,15,16,17). The Morgan fingerprint density at radius 2 is 2.12 bits per heavy atom. The van der Waals surface area contributed by atoms with Crippen molar-refractivity contribution in [1.29, 1.82) is 0 Å². The van der Waals surface area contributed by atoms with Gasteiger partial charge in [0.15, 0.2) is 0 Å². The number of aromatic nitrogens is 3. The van der Waals surface area contributed by atoms with Crippen molar-refractivity contribution in [2.75, 3.05) is 0 Å². The highest BCUT2D eigenvalue weighted by molar-refractivity contribution is 7.71. The number of hydrogen-bond acceptors (Lipinski definition) is 3. The largest absolute Gasteiger partial charge is 0.343 e. The first-order chi connectivity index (χ1) is 8.24. The number of aromatic amines is 1. The maximum atomic E-state index is 5.19. The number of pyridine rings is 1. The molecule has 4 heteroatoms. The van der Waals surface area contributed by atoms with Gasteiger partial charge < -0.3 is 4.98 Å². The predicted octanol–water partition coefficient (Wildman–Crippen LogP) is 3.33. The minimum Gasteiger partial charge on any atom is -0.343 e. The van der Waals surface area contributed by atoms with Gasteiger partial charge in [0.1, 0.15) is 10.5 Å². The summed E-state index contributed by atoms with van der Waals surface area (Å²) in [4.78, 5) is 11.9. The molecule has 1 N–H and O–H groups in total. The van der Waals surface area contributed by atoms with Crippen molar-refractivity contribution >= 4 is 12.2 Å². The smallest absolute Gasteiger partial charge is 0.139 e. The number of nitrogens with one attached hydrogen (secondary N) is 1. The van der Waals surface area contributed by atoms with E-state index in [1.54, 1.807) is 6.20 Å². The van der Waals surface area contributed by atoms with Crippen LogP contribution in [-0.4, -0.2) is 15.0 Å². The summed E-state index contributed by atoms with van der Waals surface area (Å²) in [6, 6.07) is 3.89. The summed E-state index contributed by atoms with van der Waals surface area (Å²) in [6.45, 7) is 4.20. The molecule has 0 radical (unpaired) electrons. The molecule has 0 spiro atoms. The molecule has 0 aliphatic carbocycles. The van der Waals surface area contributed by atoms with Crippen molar-refractivity contribution in [3.05, 3.63) is 40.4 Å². The average molecular weight is 245 g/mol. The second-order valence-electron chi connectivity index (χ2n) is 3.83. The molecular weight excluding hydrogens is 230 g/mol. The van der Waals surface area contributed by atoms with Crippen LogP contribution >= 0.6 is 12.2 Å². The summed E-state index contributed by atoms with van der Waals surface area (Å²) in [5.41, 5.74) is 3.38. The van der Waals surface area contributed by atoms with Crippen molar-refractivity contribution in [2.45, 2.75) is 26.7 Å². The van der Waals surface area contributed by atoms with Crippen molar-refractivity contribution < 1.29 is 0 Å². The van der Waals surface area contributed by atoms with Gasteiger partial charge in [-0.15, -0.1) is 0 Å². The lowest BCUT2D eigenvalue weighted by atomic mass is 10.1. The Bertz CT molecular complexity index is 575. The second-order valence-corrected chi connectivity index (χ2v) is 4.25. The van der Waals surface area contributed by atoms with Crippen LogP contribution in [0.1, 0.15) is 25.1 Å². The predicted molar refractivity (Wildman–Crippen MR) is 71.4 cm³/mol. The Morgan fingerprint density at radius 1 is 1.29 bits per heavy atom. The molecule has 0 aliphatic rings. The third kappa shape index (κ3) is 2.58. The molecule has 0 atom stereocenters. The number of H-pyrrole nitrogens is 1. The minimum absolute atomic E-state index is 0.634. The highest BCUT2D eigenvalue weighted by atomic mass is 32.1. The molecule has 3 nitrogen and oxygen atoms in total. The summed E-state index contributed by atoms with van der Waals surface area (Å²) in [6.07, 6.45) is 5.52. The SMILES string of the molecule is CCc1cc(=S)nc(-c2ccncc2CC)[nH]1. The Labute approximate surface area is 106 Å². The van der Waals surface area contributed by atoms with E-state index < -0.39 is 0 Å². The molecule has 0 fully saturated rings. The van der Waals surface area contributed by atoms with Crippen LogP contribution in [0, 0.1) is 4.64 Å². The fraction of sp³-hybridized carbons (Fsp3) is 0.308. The lowest BCUT2D eigenvalue weighted by Crippen LogP contribution is -1.98. The molecule has 0 bridgehead atoms. The maximum Gasteiger partial charge on any atom is 0.139 e.